The molecule has 0 saturated heterocycles. The van der Waals surface area contributed by atoms with Crippen molar-refractivity contribution in [1.29, 1.82) is 0 Å². The van der Waals surface area contributed by atoms with Crippen LogP contribution in [0.1, 0.15) is 18.1 Å². The highest BCUT2D eigenvalue weighted by Crippen LogP contribution is 2.09. The van der Waals surface area contributed by atoms with Gasteiger partial charge in [0.05, 0.1) is 0 Å². The van der Waals surface area contributed by atoms with Crippen LogP contribution in [-0.2, 0) is 12.8 Å². The Labute approximate surface area is 86.0 Å². The molecule has 0 fully saturated rings. The van der Waals surface area contributed by atoms with Crippen LogP contribution in [0.5, 0.6) is 0 Å². The molecule has 2 N–H and O–H groups in total. The van der Waals surface area contributed by atoms with Crippen molar-refractivity contribution in [3.63, 3.8) is 0 Å². The van der Waals surface area contributed by atoms with E-state index in [1.807, 2.05) is 6.07 Å². The Bertz CT molecular complexity index is 260. The third kappa shape index (κ3) is 3.48. The third-order valence-corrected chi connectivity index (χ3v) is 2.32. The summed E-state index contributed by atoms with van der Waals surface area (Å²) < 4.78 is 0. The van der Waals surface area contributed by atoms with Crippen LogP contribution in [0.25, 0.3) is 0 Å². The van der Waals surface area contributed by atoms with E-state index in [4.69, 9.17) is 5.11 Å². The molecule has 1 aromatic carbocycles. The van der Waals surface area contributed by atoms with E-state index >= 15 is 0 Å². The van der Waals surface area contributed by atoms with Crippen LogP contribution in [-0.4, -0.2) is 24.8 Å². The molecule has 2 nitrogen and oxygen atoms in total. The van der Waals surface area contributed by atoms with E-state index in [2.05, 4.69) is 30.4 Å². The van der Waals surface area contributed by atoms with Crippen molar-refractivity contribution in [2.24, 2.45) is 0 Å². The molecule has 0 heterocycles. The Morgan fingerprint density at radius 3 is 2.36 bits per heavy atom. The Hall–Kier alpha value is -0.860. The second-order valence-electron chi connectivity index (χ2n) is 3.35. The number of nitrogens with one attached hydrogen (secondary N) is 1. The average molecular weight is 193 g/mol. The Morgan fingerprint density at radius 2 is 1.79 bits per heavy atom. The summed E-state index contributed by atoms with van der Waals surface area (Å²) in [6.07, 6.45) is 1.81. The molecular weight excluding hydrogens is 174 g/mol. The van der Waals surface area contributed by atoms with Crippen molar-refractivity contribution in [2.75, 3.05) is 19.7 Å². The molecule has 1 aromatic rings. The molecule has 0 atom stereocenters. The molecule has 0 radical (unpaired) electrons. The highest BCUT2D eigenvalue weighted by molar-refractivity contribution is 5.27. The summed E-state index contributed by atoms with van der Waals surface area (Å²) in [5.41, 5.74) is 2.62. The lowest BCUT2D eigenvalue weighted by atomic mass is 10.0. The van der Waals surface area contributed by atoms with Crippen molar-refractivity contribution < 1.29 is 5.11 Å². The van der Waals surface area contributed by atoms with Crippen molar-refractivity contribution in [3.05, 3.63) is 35.4 Å². The fourth-order valence-corrected chi connectivity index (χ4v) is 1.57. The van der Waals surface area contributed by atoms with Gasteiger partial charge in [-0.05, 0) is 37.1 Å². The van der Waals surface area contributed by atoms with Crippen LogP contribution in [0.4, 0.5) is 0 Å². The molecule has 0 spiro atoms. The molecule has 0 saturated carbocycles. The van der Waals surface area contributed by atoms with Crippen LogP contribution in [0.2, 0.25) is 0 Å². The first-order valence-corrected chi connectivity index (χ1v) is 5.26. The summed E-state index contributed by atoms with van der Waals surface area (Å²) in [6.45, 7) is 4.37. The SMILES string of the molecule is CCNCCc1ccccc1CCO. The van der Waals surface area contributed by atoms with Gasteiger partial charge >= 0.3 is 0 Å². The van der Waals surface area contributed by atoms with Gasteiger partial charge in [-0.15, -0.1) is 0 Å². The molecule has 0 aliphatic rings. The van der Waals surface area contributed by atoms with Crippen LogP contribution in [0.3, 0.4) is 0 Å². The fraction of sp³-hybridized carbons (Fsp3) is 0.500. The van der Waals surface area contributed by atoms with E-state index in [1.54, 1.807) is 0 Å². The lowest BCUT2D eigenvalue weighted by Crippen LogP contribution is -2.16. The fourth-order valence-electron chi connectivity index (χ4n) is 1.57. The summed E-state index contributed by atoms with van der Waals surface area (Å²) in [6, 6.07) is 8.32. The standard InChI is InChI=1S/C12H19NO/c1-2-13-9-7-11-5-3-4-6-12(11)8-10-14/h3-6,13-14H,2,7-10H2,1H3. The van der Waals surface area contributed by atoms with Crippen LogP contribution < -0.4 is 5.32 Å². The molecule has 0 bridgehead atoms. The van der Waals surface area contributed by atoms with Gasteiger partial charge in [0, 0.05) is 6.61 Å². The Balaban J connectivity index is 2.55. The third-order valence-electron chi connectivity index (χ3n) is 2.32. The Kier molecular flexibility index (Phi) is 5.27. The molecular formula is C12H19NO. The normalized spacial score (nSPS) is 10.4. The first-order chi connectivity index (χ1) is 6.88. The average Bonchev–Trinajstić information content (AvgIpc) is 2.21. The van der Waals surface area contributed by atoms with Crippen LogP contribution in [0.15, 0.2) is 24.3 Å². The van der Waals surface area contributed by atoms with E-state index in [0.717, 1.165) is 25.9 Å². The molecule has 1 rings (SSSR count). The minimum Gasteiger partial charge on any atom is -0.396 e. The maximum atomic E-state index is 8.90. The van der Waals surface area contributed by atoms with E-state index < -0.39 is 0 Å². The molecule has 0 aromatic heterocycles. The van der Waals surface area contributed by atoms with Gasteiger partial charge in [-0.2, -0.15) is 0 Å². The number of rotatable bonds is 6. The number of hydrogen-bond donors (Lipinski definition) is 2. The summed E-state index contributed by atoms with van der Waals surface area (Å²) >= 11 is 0. The van der Waals surface area contributed by atoms with E-state index in [-0.39, 0.29) is 6.61 Å². The number of benzene rings is 1. The van der Waals surface area contributed by atoms with Crippen molar-refractivity contribution in [3.8, 4) is 0 Å². The van der Waals surface area contributed by atoms with E-state index in [1.165, 1.54) is 11.1 Å². The van der Waals surface area contributed by atoms with Gasteiger partial charge in [0.1, 0.15) is 0 Å². The number of aliphatic hydroxyl groups excluding tert-OH is 1. The topological polar surface area (TPSA) is 32.3 Å². The molecule has 2 heteroatoms. The Morgan fingerprint density at radius 1 is 1.14 bits per heavy atom. The van der Waals surface area contributed by atoms with Gasteiger partial charge < -0.3 is 10.4 Å². The lowest BCUT2D eigenvalue weighted by Gasteiger charge is -2.08. The summed E-state index contributed by atoms with van der Waals surface area (Å²) in [4.78, 5) is 0. The van der Waals surface area contributed by atoms with Gasteiger partial charge in [-0.25, -0.2) is 0 Å². The molecule has 14 heavy (non-hydrogen) atoms. The number of aliphatic hydroxyl groups is 1. The molecule has 0 unspecified atom stereocenters. The quantitative estimate of drug-likeness (QED) is 0.669. The largest absolute Gasteiger partial charge is 0.396 e. The zero-order valence-electron chi connectivity index (χ0n) is 8.79. The van der Waals surface area contributed by atoms with Gasteiger partial charge in [-0.3, -0.25) is 0 Å². The minimum absolute atomic E-state index is 0.234. The van der Waals surface area contributed by atoms with Gasteiger partial charge in [0.2, 0.25) is 0 Å². The van der Waals surface area contributed by atoms with E-state index in [9.17, 15) is 0 Å². The lowest BCUT2D eigenvalue weighted by molar-refractivity contribution is 0.299. The summed E-state index contributed by atoms with van der Waals surface area (Å²) in [5, 5.41) is 12.2. The molecule has 78 valence electrons. The van der Waals surface area contributed by atoms with Gasteiger partial charge in [-0.1, -0.05) is 31.2 Å². The zero-order chi connectivity index (χ0) is 10.2. The molecule has 0 aliphatic heterocycles. The number of hydrogen-bond acceptors (Lipinski definition) is 2. The predicted octanol–water partition coefficient (Wildman–Crippen LogP) is 1.37. The first kappa shape index (κ1) is 11.2. The second kappa shape index (κ2) is 6.57. The van der Waals surface area contributed by atoms with Gasteiger partial charge in [0.25, 0.3) is 0 Å². The second-order valence-corrected chi connectivity index (χ2v) is 3.35. The maximum Gasteiger partial charge on any atom is 0.0471 e. The van der Waals surface area contributed by atoms with Gasteiger partial charge in [0.15, 0.2) is 0 Å². The van der Waals surface area contributed by atoms with Crippen molar-refractivity contribution in [2.45, 2.75) is 19.8 Å². The first-order valence-electron chi connectivity index (χ1n) is 5.26. The number of likely N-dealkylation sites (N-methyl/N-ethyl adjacent to an activating group) is 1. The predicted molar refractivity (Wildman–Crippen MR) is 59.5 cm³/mol. The monoisotopic (exact) mass is 193 g/mol. The van der Waals surface area contributed by atoms with Crippen molar-refractivity contribution in [1.82, 2.24) is 5.32 Å². The summed E-state index contributed by atoms with van der Waals surface area (Å²) in [5.74, 6) is 0. The molecule has 0 amide bonds. The zero-order valence-corrected chi connectivity index (χ0v) is 8.79. The highest BCUT2D eigenvalue weighted by Gasteiger charge is 1.99. The smallest absolute Gasteiger partial charge is 0.0471 e. The van der Waals surface area contributed by atoms with Crippen LogP contribution in [0, 0.1) is 0 Å². The van der Waals surface area contributed by atoms with Crippen LogP contribution >= 0.6 is 0 Å². The van der Waals surface area contributed by atoms with E-state index in [0.29, 0.717) is 0 Å². The molecule has 0 aliphatic carbocycles. The maximum absolute atomic E-state index is 8.90. The summed E-state index contributed by atoms with van der Waals surface area (Å²) in [7, 11) is 0. The van der Waals surface area contributed by atoms with Crippen molar-refractivity contribution >= 4 is 0 Å². The minimum atomic E-state index is 0.234. The highest BCUT2D eigenvalue weighted by atomic mass is 16.2.